The van der Waals surface area contributed by atoms with Crippen molar-refractivity contribution < 1.29 is 4.79 Å². The van der Waals surface area contributed by atoms with Crippen molar-refractivity contribution in [2.45, 2.75) is 38.6 Å². The third-order valence-corrected chi connectivity index (χ3v) is 3.45. The van der Waals surface area contributed by atoms with Crippen LogP contribution in [0.15, 0.2) is 18.2 Å². The van der Waals surface area contributed by atoms with E-state index in [1.54, 1.807) is 0 Å². The molecule has 1 aliphatic rings. The van der Waals surface area contributed by atoms with Crippen molar-refractivity contribution in [3.05, 3.63) is 29.3 Å². The van der Waals surface area contributed by atoms with Gasteiger partial charge in [0.1, 0.15) is 0 Å². The molecule has 1 amide bonds. The minimum Gasteiger partial charge on any atom is -0.388 e. The van der Waals surface area contributed by atoms with Crippen molar-refractivity contribution in [3.8, 4) is 0 Å². The van der Waals surface area contributed by atoms with E-state index in [4.69, 9.17) is 0 Å². The Balaban J connectivity index is 2.07. The smallest absolute Gasteiger partial charge is 0.251 e. The highest BCUT2D eigenvalue weighted by Crippen LogP contribution is 2.19. The van der Waals surface area contributed by atoms with Crippen LogP contribution >= 0.6 is 0 Å². The van der Waals surface area contributed by atoms with E-state index in [9.17, 15) is 4.79 Å². The van der Waals surface area contributed by atoms with Crippen LogP contribution in [0, 0.1) is 6.92 Å². The van der Waals surface area contributed by atoms with E-state index >= 15 is 0 Å². The predicted molar refractivity (Wildman–Crippen MR) is 70.4 cm³/mol. The largest absolute Gasteiger partial charge is 0.388 e. The Labute approximate surface area is 103 Å². The zero-order valence-corrected chi connectivity index (χ0v) is 10.5. The van der Waals surface area contributed by atoms with Crippen molar-refractivity contribution in [2.24, 2.45) is 0 Å². The predicted octanol–water partition coefficient (Wildman–Crippen LogP) is 2.71. The lowest BCUT2D eigenvalue weighted by atomic mass is 10.1. The molecule has 1 saturated carbocycles. The first-order valence-corrected chi connectivity index (χ1v) is 6.30. The van der Waals surface area contributed by atoms with Crippen LogP contribution in [0.3, 0.4) is 0 Å². The van der Waals surface area contributed by atoms with Crippen LogP contribution in [0.1, 0.15) is 41.6 Å². The van der Waals surface area contributed by atoms with Gasteiger partial charge in [0.2, 0.25) is 0 Å². The van der Waals surface area contributed by atoms with E-state index in [-0.39, 0.29) is 5.91 Å². The standard InChI is InChI=1S/C14H20N2O/c1-10-9-12(15-2)7-8-13(10)14(17)16-11-5-3-4-6-11/h7-9,11,15H,3-6H2,1-2H3,(H,16,17). The lowest BCUT2D eigenvalue weighted by molar-refractivity contribution is 0.0937. The summed E-state index contributed by atoms with van der Waals surface area (Å²) in [5.41, 5.74) is 2.85. The Morgan fingerprint density at radius 1 is 1.29 bits per heavy atom. The molecule has 0 aliphatic heterocycles. The van der Waals surface area contributed by atoms with Gasteiger partial charge in [0.15, 0.2) is 0 Å². The molecule has 0 heterocycles. The second-order valence-electron chi connectivity index (χ2n) is 4.73. The molecule has 0 atom stereocenters. The number of hydrogen-bond donors (Lipinski definition) is 2. The number of aryl methyl sites for hydroxylation is 1. The van der Waals surface area contributed by atoms with E-state index in [0.29, 0.717) is 6.04 Å². The first-order chi connectivity index (χ1) is 8.20. The third-order valence-electron chi connectivity index (χ3n) is 3.45. The summed E-state index contributed by atoms with van der Waals surface area (Å²) in [6.07, 6.45) is 4.73. The number of hydrogen-bond acceptors (Lipinski definition) is 2. The number of carbonyl (C=O) groups excluding carboxylic acids is 1. The van der Waals surface area contributed by atoms with E-state index in [1.165, 1.54) is 12.8 Å². The lowest BCUT2D eigenvalue weighted by Gasteiger charge is -2.13. The van der Waals surface area contributed by atoms with Gasteiger partial charge in [-0.2, -0.15) is 0 Å². The van der Waals surface area contributed by atoms with Crippen molar-refractivity contribution in [1.82, 2.24) is 5.32 Å². The lowest BCUT2D eigenvalue weighted by Crippen LogP contribution is -2.32. The molecule has 1 aliphatic carbocycles. The van der Waals surface area contributed by atoms with Crippen LogP contribution < -0.4 is 10.6 Å². The first kappa shape index (κ1) is 12.0. The van der Waals surface area contributed by atoms with Gasteiger partial charge in [-0.05, 0) is 43.5 Å². The first-order valence-electron chi connectivity index (χ1n) is 6.30. The molecule has 0 spiro atoms. The Bertz CT molecular complexity index is 409. The van der Waals surface area contributed by atoms with E-state index in [1.807, 2.05) is 32.2 Å². The highest BCUT2D eigenvalue weighted by molar-refractivity contribution is 5.96. The summed E-state index contributed by atoms with van der Waals surface area (Å²) >= 11 is 0. The molecule has 17 heavy (non-hydrogen) atoms. The summed E-state index contributed by atoms with van der Waals surface area (Å²) in [5.74, 6) is 0.0667. The number of amides is 1. The van der Waals surface area contributed by atoms with E-state index in [0.717, 1.165) is 29.7 Å². The Morgan fingerprint density at radius 2 is 2.00 bits per heavy atom. The molecule has 1 fully saturated rings. The zero-order chi connectivity index (χ0) is 12.3. The highest BCUT2D eigenvalue weighted by atomic mass is 16.1. The van der Waals surface area contributed by atoms with Crippen LogP contribution in [0.2, 0.25) is 0 Å². The number of benzene rings is 1. The maximum atomic E-state index is 12.1. The molecule has 1 aromatic rings. The minimum absolute atomic E-state index is 0.0667. The number of carbonyl (C=O) groups is 1. The topological polar surface area (TPSA) is 41.1 Å². The molecular weight excluding hydrogens is 212 g/mol. The molecule has 0 bridgehead atoms. The monoisotopic (exact) mass is 232 g/mol. The SMILES string of the molecule is CNc1ccc(C(=O)NC2CCCC2)c(C)c1. The summed E-state index contributed by atoms with van der Waals surface area (Å²) in [6.45, 7) is 1.98. The van der Waals surface area contributed by atoms with Crippen LogP contribution in [-0.2, 0) is 0 Å². The zero-order valence-electron chi connectivity index (χ0n) is 10.5. The van der Waals surface area contributed by atoms with Gasteiger partial charge in [-0.3, -0.25) is 4.79 Å². The number of anilines is 1. The van der Waals surface area contributed by atoms with Crippen LogP contribution in [0.5, 0.6) is 0 Å². The summed E-state index contributed by atoms with van der Waals surface area (Å²) in [4.78, 5) is 12.1. The molecule has 1 aromatic carbocycles. The fourth-order valence-corrected chi connectivity index (χ4v) is 2.41. The van der Waals surface area contributed by atoms with Crippen molar-refractivity contribution in [3.63, 3.8) is 0 Å². The molecule has 0 aromatic heterocycles. The van der Waals surface area contributed by atoms with Crippen molar-refractivity contribution in [2.75, 3.05) is 12.4 Å². The van der Waals surface area contributed by atoms with Crippen LogP contribution in [-0.4, -0.2) is 19.0 Å². The summed E-state index contributed by atoms with van der Waals surface area (Å²) in [6, 6.07) is 6.22. The fourth-order valence-electron chi connectivity index (χ4n) is 2.41. The molecule has 0 radical (unpaired) electrons. The van der Waals surface area contributed by atoms with Gasteiger partial charge in [-0.25, -0.2) is 0 Å². The fraction of sp³-hybridized carbons (Fsp3) is 0.500. The second kappa shape index (κ2) is 5.21. The number of nitrogens with one attached hydrogen (secondary N) is 2. The highest BCUT2D eigenvalue weighted by Gasteiger charge is 2.18. The van der Waals surface area contributed by atoms with Gasteiger partial charge < -0.3 is 10.6 Å². The Hall–Kier alpha value is -1.51. The Kier molecular flexibility index (Phi) is 3.67. The average molecular weight is 232 g/mol. The number of rotatable bonds is 3. The van der Waals surface area contributed by atoms with E-state index in [2.05, 4.69) is 10.6 Å². The molecule has 2 N–H and O–H groups in total. The third kappa shape index (κ3) is 2.78. The van der Waals surface area contributed by atoms with Gasteiger partial charge in [-0.1, -0.05) is 12.8 Å². The van der Waals surface area contributed by atoms with Crippen LogP contribution in [0.4, 0.5) is 5.69 Å². The van der Waals surface area contributed by atoms with Crippen LogP contribution in [0.25, 0.3) is 0 Å². The summed E-state index contributed by atoms with van der Waals surface area (Å²) in [5, 5.41) is 6.19. The maximum Gasteiger partial charge on any atom is 0.251 e. The van der Waals surface area contributed by atoms with Gasteiger partial charge in [-0.15, -0.1) is 0 Å². The maximum absolute atomic E-state index is 12.1. The van der Waals surface area contributed by atoms with Gasteiger partial charge in [0.25, 0.3) is 5.91 Å². The normalized spacial score (nSPS) is 15.9. The molecule has 3 heteroatoms. The van der Waals surface area contributed by atoms with Crippen molar-refractivity contribution in [1.29, 1.82) is 0 Å². The molecule has 3 nitrogen and oxygen atoms in total. The molecular formula is C14H20N2O. The summed E-state index contributed by atoms with van der Waals surface area (Å²) in [7, 11) is 1.88. The molecule has 0 unspecified atom stereocenters. The minimum atomic E-state index is 0.0667. The Morgan fingerprint density at radius 3 is 2.59 bits per heavy atom. The quantitative estimate of drug-likeness (QED) is 0.841. The molecule has 2 rings (SSSR count). The van der Waals surface area contributed by atoms with Crippen molar-refractivity contribution >= 4 is 11.6 Å². The molecule has 92 valence electrons. The average Bonchev–Trinajstić information content (AvgIpc) is 2.81. The van der Waals surface area contributed by atoms with E-state index < -0.39 is 0 Å². The molecule has 0 saturated heterocycles. The summed E-state index contributed by atoms with van der Waals surface area (Å²) < 4.78 is 0. The van der Waals surface area contributed by atoms with Gasteiger partial charge in [0, 0.05) is 24.3 Å². The van der Waals surface area contributed by atoms with Gasteiger partial charge in [0.05, 0.1) is 0 Å². The second-order valence-corrected chi connectivity index (χ2v) is 4.73. The van der Waals surface area contributed by atoms with Gasteiger partial charge >= 0.3 is 0 Å².